The van der Waals surface area contributed by atoms with Crippen LogP contribution < -0.4 is 10.1 Å². The number of carbonyl (C=O) groups is 1. The Hall–Kier alpha value is -3.78. The number of amides is 1. The van der Waals surface area contributed by atoms with Gasteiger partial charge >= 0.3 is 6.18 Å². The van der Waals surface area contributed by atoms with Crippen LogP contribution in [0, 0.1) is 6.92 Å². The molecule has 0 spiro atoms. The summed E-state index contributed by atoms with van der Waals surface area (Å²) in [5.74, 6) is 0.239. The van der Waals surface area contributed by atoms with E-state index in [0.29, 0.717) is 28.3 Å². The second-order valence-corrected chi connectivity index (χ2v) is 7.90. The van der Waals surface area contributed by atoms with Gasteiger partial charge in [-0.3, -0.25) is 4.79 Å². The van der Waals surface area contributed by atoms with E-state index >= 15 is 0 Å². The van der Waals surface area contributed by atoms with Crippen LogP contribution in [0.15, 0.2) is 72.8 Å². The Labute approximate surface area is 198 Å². The van der Waals surface area contributed by atoms with Crippen LogP contribution in [0.4, 0.5) is 18.9 Å². The second-order valence-electron chi connectivity index (χ2n) is 7.49. The number of aryl methyl sites for hydroxylation is 1. The molecule has 1 amide bonds. The molecule has 0 radical (unpaired) electrons. The molecule has 0 saturated carbocycles. The average Bonchev–Trinajstić information content (AvgIpc) is 3.27. The second kappa shape index (κ2) is 9.23. The predicted molar refractivity (Wildman–Crippen MR) is 125 cm³/mol. The van der Waals surface area contributed by atoms with Crippen LogP contribution in [-0.4, -0.2) is 22.8 Å². The van der Waals surface area contributed by atoms with Gasteiger partial charge in [0.1, 0.15) is 5.75 Å². The first kappa shape index (κ1) is 23.4. The first-order valence-electron chi connectivity index (χ1n) is 10.2. The summed E-state index contributed by atoms with van der Waals surface area (Å²) < 4.78 is 46.6. The summed E-state index contributed by atoms with van der Waals surface area (Å²) in [6, 6.07) is 19.0. The summed E-state index contributed by atoms with van der Waals surface area (Å²) in [6.07, 6.45) is -4.63. The summed E-state index contributed by atoms with van der Waals surface area (Å²) in [5.41, 5.74) is 1.69. The lowest BCUT2D eigenvalue weighted by atomic mass is 10.1. The van der Waals surface area contributed by atoms with E-state index in [9.17, 15) is 18.0 Å². The minimum atomic E-state index is -4.63. The summed E-state index contributed by atoms with van der Waals surface area (Å²) in [5, 5.41) is 6.83. The number of anilines is 1. The van der Waals surface area contributed by atoms with E-state index in [1.807, 2.05) is 13.0 Å². The topological polar surface area (TPSA) is 56.1 Å². The Kier molecular flexibility index (Phi) is 6.34. The van der Waals surface area contributed by atoms with Crippen LogP contribution in [0.2, 0.25) is 5.02 Å². The molecule has 0 unspecified atom stereocenters. The lowest BCUT2D eigenvalue weighted by molar-refractivity contribution is -0.141. The van der Waals surface area contributed by atoms with Crippen molar-refractivity contribution in [1.82, 2.24) is 9.78 Å². The number of ether oxygens (including phenoxy) is 1. The zero-order valence-electron chi connectivity index (χ0n) is 18.2. The highest BCUT2D eigenvalue weighted by molar-refractivity contribution is 6.32. The van der Waals surface area contributed by atoms with E-state index in [-0.39, 0.29) is 16.6 Å². The number of methoxy groups -OCH3 is 1. The molecule has 1 N–H and O–H groups in total. The van der Waals surface area contributed by atoms with Crippen LogP contribution >= 0.6 is 11.6 Å². The normalized spacial score (nSPS) is 11.4. The number of rotatable bonds is 5. The lowest BCUT2D eigenvalue weighted by Crippen LogP contribution is -2.12. The van der Waals surface area contributed by atoms with E-state index in [2.05, 4.69) is 10.4 Å². The molecule has 0 bridgehead atoms. The number of benzene rings is 3. The van der Waals surface area contributed by atoms with Gasteiger partial charge < -0.3 is 10.1 Å². The summed E-state index contributed by atoms with van der Waals surface area (Å²) in [7, 11) is 1.53. The van der Waals surface area contributed by atoms with E-state index in [0.717, 1.165) is 16.3 Å². The summed E-state index contributed by atoms with van der Waals surface area (Å²) in [6.45, 7) is 1.85. The van der Waals surface area contributed by atoms with E-state index in [4.69, 9.17) is 16.3 Å². The predicted octanol–water partition coefficient (Wildman–Crippen LogP) is 6.78. The van der Waals surface area contributed by atoms with Crippen molar-refractivity contribution in [3.8, 4) is 22.7 Å². The molecule has 0 fully saturated rings. The Bertz CT molecular complexity index is 1350. The van der Waals surface area contributed by atoms with Gasteiger partial charge in [0, 0.05) is 22.9 Å². The molecule has 34 heavy (non-hydrogen) atoms. The van der Waals surface area contributed by atoms with Crippen molar-refractivity contribution in [1.29, 1.82) is 0 Å². The zero-order chi connectivity index (χ0) is 24.5. The van der Waals surface area contributed by atoms with Crippen molar-refractivity contribution in [3.63, 3.8) is 0 Å². The molecule has 4 rings (SSSR count). The Balaban J connectivity index is 1.67. The first-order valence-corrected chi connectivity index (χ1v) is 10.5. The van der Waals surface area contributed by atoms with Crippen LogP contribution in [0.3, 0.4) is 0 Å². The molecule has 174 valence electrons. The molecule has 0 aliphatic heterocycles. The fraction of sp³-hybridized carbons (Fsp3) is 0.120. The molecular weight excluding hydrogens is 467 g/mol. The Morgan fingerprint density at radius 3 is 2.38 bits per heavy atom. The van der Waals surface area contributed by atoms with Crippen molar-refractivity contribution in [2.75, 3.05) is 12.4 Å². The molecule has 0 aliphatic rings. The van der Waals surface area contributed by atoms with Crippen LogP contribution in [0.1, 0.15) is 21.6 Å². The van der Waals surface area contributed by atoms with Crippen molar-refractivity contribution in [3.05, 3.63) is 94.6 Å². The number of aromatic nitrogens is 2. The SMILES string of the molecule is COc1ccc(C)c(NC(=O)c2ccc(-c3cc(C(F)(F)F)nn3-c3ccccc3Cl)cc2)c1. The molecule has 0 aliphatic carbocycles. The molecule has 3 aromatic carbocycles. The smallest absolute Gasteiger partial charge is 0.435 e. The molecule has 0 atom stereocenters. The largest absolute Gasteiger partial charge is 0.497 e. The Morgan fingerprint density at radius 2 is 1.74 bits per heavy atom. The standard InChI is InChI=1S/C25H19ClF3N3O2/c1-15-7-12-18(34-2)13-20(15)30-24(33)17-10-8-16(9-11-17)22-14-23(25(27,28)29)31-32(22)21-6-4-3-5-19(21)26/h3-14H,1-2H3,(H,30,33). The molecule has 1 heterocycles. The van der Waals surface area contributed by atoms with Crippen molar-refractivity contribution >= 4 is 23.2 Å². The van der Waals surface area contributed by atoms with Gasteiger partial charge in [0.05, 0.1) is 23.5 Å². The molecule has 1 aromatic heterocycles. The lowest BCUT2D eigenvalue weighted by Gasteiger charge is -2.11. The highest BCUT2D eigenvalue weighted by Gasteiger charge is 2.35. The van der Waals surface area contributed by atoms with E-state index in [1.54, 1.807) is 48.5 Å². The quantitative estimate of drug-likeness (QED) is 0.339. The van der Waals surface area contributed by atoms with Gasteiger partial charge in [-0.2, -0.15) is 18.3 Å². The molecule has 9 heteroatoms. The summed E-state index contributed by atoms with van der Waals surface area (Å²) in [4.78, 5) is 12.7. The molecule has 4 aromatic rings. The van der Waals surface area contributed by atoms with Crippen molar-refractivity contribution in [2.45, 2.75) is 13.1 Å². The molecule has 5 nitrogen and oxygen atoms in total. The fourth-order valence-corrected chi connectivity index (χ4v) is 3.60. The number of hydrogen-bond donors (Lipinski definition) is 1. The zero-order valence-corrected chi connectivity index (χ0v) is 18.9. The Morgan fingerprint density at radius 1 is 1.03 bits per heavy atom. The number of carbonyl (C=O) groups excluding carboxylic acids is 1. The van der Waals surface area contributed by atoms with Gasteiger partial charge in [0.25, 0.3) is 5.91 Å². The minimum absolute atomic E-state index is 0.191. The van der Waals surface area contributed by atoms with Crippen molar-refractivity contribution in [2.24, 2.45) is 0 Å². The van der Waals surface area contributed by atoms with Gasteiger partial charge in [-0.05, 0) is 48.9 Å². The van der Waals surface area contributed by atoms with Crippen LogP contribution in [-0.2, 0) is 6.18 Å². The maximum Gasteiger partial charge on any atom is 0.435 e. The summed E-state index contributed by atoms with van der Waals surface area (Å²) >= 11 is 6.22. The maximum absolute atomic E-state index is 13.4. The van der Waals surface area contributed by atoms with E-state index in [1.165, 1.54) is 19.2 Å². The number of halogens is 4. The monoisotopic (exact) mass is 485 g/mol. The fourth-order valence-electron chi connectivity index (χ4n) is 3.38. The molecular formula is C25H19ClF3N3O2. The van der Waals surface area contributed by atoms with Gasteiger partial charge in [-0.1, -0.05) is 41.9 Å². The average molecular weight is 486 g/mol. The van der Waals surface area contributed by atoms with Gasteiger partial charge in [-0.25, -0.2) is 4.68 Å². The third kappa shape index (κ3) is 4.77. The minimum Gasteiger partial charge on any atom is -0.497 e. The first-order chi connectivity index (χ1) is 16.2. The maximum atomic E-state index is 13.4. The molecule has 0 saturated heterocycles. The third-order valence-corrected chi connectivity index (χ3v) is 5.54. The van der Waals surface area contributed by atoms with Gasteiger partial charge in [-0.15, -0.1) is 0 Å². The third-order valence-electron chi connectivity index (χ3n) is 5.22. The number of alkyl halides is 3. The number of nitrogens with zero attached hydrogens (tertiary/aromatic N) is 2. The van der Waals surface area contributed by atoms with Crippen LogP contribution in [0.5, 0.6) is 5.75 Å². The highest BCUT2D eigenvalue weighted by atomic mass is 35.5. The number of para-hydroxylation sites is 1. The number of nitrogens with one attached hydrogen (secondary N) is 1. The van der Waals surface area contributed by atoms with Gasteiger partial charge in [0.15, 0.2) is 5.69 Å². The van der Waals surface area contributed by atoms with Gasteiger partial charge in [0.2, 0.25) is 0 Å². The van der Waals surface area contributed by atoms with E-state index < -0.39 is 11.9 Å². The van der Waals surface area contributed by atoms with Crippen molar-refractivity contribution < 1.29 is 22.7 Å². The highest BCUT2D eigenvalue weighted by Crippen LogP contribution is 2.34. The number of hydrogen-bond acceptors (Lipinski definition) is 3. The van der Waals surface area contributed by atoms with Crippen LogP contribution in [0.25, 0.3) is 16.9 Å².